The second-order valence-corrected chi connectivity index (χ2v) is 4.85. The lowest BCUT2D eigenvalue weighted by atomic mass is 10.0. The Hall–Kier alpha value is -1.86. The number of carbonyl (C=O) groups is 1. The molecule has 4 nitrogen and oxygen atoms in total. The average molecular weight is 243 g/mol. The molecular weight excluding hydrogens is 226 g/mol. The van der Waals surface area contributed by atoms with Crippen LogP contribution < -0.4 is 5.73 Å². The van der Waals surface area contributed by atoms with E-state index in [1.807, 2.05) is 17.9 Å². The zero-order valence-electron chi connectivity index (χ0n) is 10.5. The summed E-state index contributed by atoms with van der Waals surface area (Å²) in [6, 6.07) is 9.00. The highest BCUT2D eigenvalue weighted by Crippen LogP contribution is 2.20. The molecule has 0 saturated carbocycles. The van der Waals surface area contributed by atoms with Gasteiger partial charge < -0.3 is 10.6 Å². The SMILES string of the molecule is CC(N)C1CCN(C(=O)c2cccc(C#N)c2)C1. The summed E-state index contributed by atoms with van der Waals surface area (Å²) < 4.78 is 0. The summed E-state index contributed by atoms with van der Waals surface area (Å²) >= 11 is 0. The van der Waals surface area contributed by atoms with Gasteiger partial charge in [-0.2, -0.15) is 5.26 Å². The molecule has 1 aromatic rings. The van der Waals surface area contributed by atoms with E-state index in [1.165, 1.54) is 0 Å². The van der Waals surface area contributed by atoms with Crippen LogP contribution in [0.1, 0.15) is 29.3 Å². The van der Waals surface area contributed by atoms with Gasteiger partial charge in [-0.25, -0.2) is 0 Å². The molecule has 1 aromatic carbocycles. The Bertz CT molecular complexity index is 490. The highest BCUT2D eigenvalue weighted by Gasteiger charge is 2.28. The minimum atomic E-state index is -0.00440. The molecule has 1 aliphatic heterocycles. The molecule has 1 amide bonds. The van der Waals surface area contributed by atoms with Gasteiger partial charge in [0.2, 0.25) is 0 Å². The molecule has 0 aromatic heterocycles. The van der Waals surface area contributed by atoms with Crippen molar-refractivity contribution in [3.63, 3.8) is 0 Å². The predicted molar refractivity (Wildman–Crippen MR) is 68.8 cm³/mol. The van der Waals surface area contributed by atoms with Crippen LogP contribution in [-0.2, 0) is 0 Å². The molecule has 0 spiro atoms. The molecule has 2 atom stereocenters. The van der Waals surface area contributed by atoms with Gasteiger partial charge >= 0.3 is 0 Å². The van der Waals surface area contributed by atoms with Crippen molar-refractivity contribution in [1.29, 1.82) is 5.26 Å². The van der Waals surface area contributed by atoms with Gasteiger partial charge in [-0.3, -0.25) is 4.79 Å². The van der Waals surface area contributed by atoms with Gasteiger partial charge in [-0.05, 0) is 37.5 Å². The maximum Gasteiger partial charge on any atom is 0.253 e. The molecule has 2 N–H and O–H groups in total. The van der Waals surface area contributed by atoms with Crippen molar-refractivity contribution in [3.8, 4) is 6.07 Å². The van der Waals surface area contributed by atoms with Crippen molar-refractivity contribution >= 4 is 5.91 Å². The van der Waals surface area contributed by atoms with Gasteiger partial charge in [0.1, 0.15) is 0 Å². The highest BCUT2D eigenvalue weighted by atomic mass is 16.2. The fourth-order valence-electron chi connectivity index (χ4n) is 2.31. The predicted octanol–water partition coefficient (Wildman–Crippen LogP) is 1.37. The Morgan fingerprint density at radius 2 is 2.39 bits per heavy atom. The first-order valence-electron chi connectivity index (χ1n) is 6.17. The van der Waals surface area contributed by atoms with Crippen LogP contribution in [0.25, 0.3) is 0 Å². The number of nitriles is 1. The van der Waals surface area contributed by atoms with Gasteiger partial charge in [0.25, 0.3) is 5.91 Å². The third-order valence-corrected chi connectivity index (χ3v) is 3.49. The third-order valence-electron chi connectivity index (χ3n) is 3.49. The molecule has 1 heterocycles. The molecule has 18 heavy (non-hydrogen) atoms. The summed E-state index contributed by atoms with van der Waals surface area (Å²) in [7, 11) is 0. The van der Waals surface area contributed by atoms with Crippen LogP contribution in [0.4, 0.5) is 0 Å². The molecule has 1 aliphatic rings. The summed E-state index contributed by atoms with van der Waals surface area (Å²) in [4.78, 5) is 14.1. The molecule has 0 aliphatic carbocycles. The van der Waals surface area contributed by atoms with Crippen molar-refractivity contribution in [2.24, 2.45) is 11.7 Å². The maximum absolute atomic E-state index is 12.3. The van der Waals surface area contributed by atoms with Crippen LogP contribution in [0.2, 0.25) is 0 Å². The molecule has 0 radical (unpaired) electrons. The van der Waals surface area contributed by atoms with Crippen LogP contribution in [0.15, 0.2) is 24.3 Å². The lowest BCUT2D eigenvalue weighted by Gasteiger charge is -2.18. The maximum atomic E-state index is 12.3. The van der Waals surface area contributed by atoms with E-state index in [0.29, 0.717) is 23.6 Å². The monoisotopic (exact) mass is 243 g/mol. The van der Waals surface area contributed by atoms with E-state index in [2.05, 4.69) is 0 Å². The average Bonchev–Trinajstić information content (AvgIpc) is 2.87. The highest BCUT2D eigenvalue weighted by molar-refractivity contribution is 5.94. The van der Waals surface area contributed by atoms with Crippen molar-refractivity contribution in [2.45, 2.75) is 19.4 Å². The molecule has 94 valence electrons. The van der Waals surface area contributed by atoms with Gasteiger partial charge in [-0.15, -0.1) is 0 Å². The van der Waals surface area contributed by atoms with Gasteiger partial charge in [0.05, 0.1) is 11.6 Å². The smallest absolute Gasteiger partial charge is 0.253 e. The van der Waals surface area contributed by atoms with Crippen LogP contribution in [0.5, 0.6) is 0 Å². The Morgan fingerprint density at radius 1 is 1.61 bits per heavy atom. The van der Waals surface area contributed by atoms with Gasteiger partial charge in [0, 0.05) is 24.7 Å². The van der Waals surface area contributed by atoms with Crippen LogP contribution in [0, 0.1) is 17.2 Å². The van der Waals surface area contributed by atoms with E-state index in [0.717, 1.165) is 13.0 Å². The molecule has 0 bridgehead atoms. The van der Waals surface area contributed by atoms with Gasteiger partial charge in [-0.1, -0.05) is 6.07 Å². The normalized spacial score (nSPS) is 20.5. The summed E-state index contributed by atoms with van der Waals surface area (Å²) in [6.45, 7) is 3.45. The second-order valence-electron chi connectivity index (χ2n) is 4.85. The summed E-state index contributed by atoms with van der Waals surface area (Å²) in [6.07, 6.45) is 0.960. The van der Waals surface area contributed by atoms with Gasteiger partial charge in [0.15, 0.2) is 0 Å². The summed E-state index contributed by atoms with van der Waals surface area (Å²) in [5.41, 5.74) is 6.96. The number of carbonyl (C=O) groups excluding carboxylic acids is 1. The van der Waals surface area contributed by atoms with E-state index in [9.17, 15) is 4.79 Å². The third kappa shape index (κ3) is 2.52. The largest absolute Gasteiger partial charge is 0.338 e. The van der Waals surface area contributed by atoms with Crippen molar-refractivity contribution in [3.05, 3.63) is 35.4 Å². The Morgan fingerprint density at radius 3 is 3.00 bits per heavy atom. The molecule has 2 unspecified atom stereocenters. The molecule has 1 fully saturated rings. The Kier molecular flexibility index (Phi) is 3.63. The number of hydrogen-bond acceptors (Lipinski definition) is 3. The number of amides is 1. The number of hydrogen-bond donors (Lipinski definition) is 1. The first kappa shape index (κ1) is 12.6. The number of nitrogens with two attached hydrogens (primary N) is 1. The second kappa shape index (κ2) is 5.19. The molecule has 2 rings (SSSR count). The van der Waals surface area contributed by atoms with Crippen molar-refractivity contribution < 1.29 is 4.79 Å². The minimum absolute atomic E-state index is 0.00440. The van der Waals surface area contributed by atoms with Crippen LogP contribution >= 0.6 is 0 Å². The van der Waals surface area contributed by atoms with E-state index >= 15 is 0 Å². The Labute approximate surface area is 107 Å². The van der Waals surface area contributed by atoms with E-state index < -0.39 is 0 Å². The number of benzene rings is 1. The first-order chi connectivity index (χ1) is 8.61. The molecular formula is C14H17N3O. The number of likely N-dealkylation sites (tertiary alicyclic amines) is 1. The standard InChI is InChI=1S/C14H17N3O/c1-10(16)13-5-6-17(9-13)14(18)12-4-2-3-11(7-12)8-15/h2-4,7,10,13H,5-6,9,16H2,1H3. The molecule has 1 saturated heterocycles. The van der Waals surface area contributed by atoms with Crippen molar-refractivity contribution in [2.75, 3.05) is 13.1 Å². The van der Waals surface area contributed by atoms with Crippen molar-refractivity contribution in [1.82, 2.24) is 4.90 Å². The molecule has 4 heteroatoms. The topological polar surface area (TPSA) is 70.1 Å². The van der Waals surface area contributed by atoms with Crippen LogP contribution in [-0.4, -0.2) is 29.9 Å². The van der Waals surface area contributed by atoms with E-state index in [-0.39, 0.29) is 11.9 Å². The fraction of sp³-hybridized carbons (Fsp3) is 0.429. The number of nitrogens with zero attached hydrogens (tertiary/aromatic N) is 2. The quantitative estimate of drug-likeness (QED) is 0.852. The van der Waals surface area contributed by atoms with Crippen LogP contribution in [0.3, 0.4) is 0 Å². The summed E-state index contributed by atoms with van der Waals surface area (Å²) in [5, 5.41) is 8.83. The Balaban J connectivity index is 2.11. The van der Waals surface area contributed by atoms with E-state index in [4.69, 9.17) is 11.0 Å². The first-order valence-corrected chi connectivity index (χ1v) is 6.17. The minimum Gasteiger partial charge on any atom is -0.338 e. The summed E-state index contributed by atoms with van der Waals surface area (Å²) in [5.74, 6) is 0.378. The number of rotatable bonds is 2. The zero-order chi connectivity index (χ0) is 13.1. The zero-order valence-corrected chi connectivity index (χ0v) is 10.5. The lowest BCUT2D eigenvalue weighted by molar-refractivity contribution is 0.0786. The lowest BCUT2D eigenvalue weighted by Crippen LogP contribution is -2.33. The fourth-order valence-corrected chi connectivity index (χ4v) is 2.31. The van der Waals surface area contributed by atoms with E-state index in [1.54, 1.807) is 24.3 Å².